The van der Waals surface area contributed by atoms with Gasteiger partial charge in [0.05, 0.1) is 35.2 Å². The van der Waals surface area contributed by atoms with E-state index in [1.165, 1.54) is 10.9 Å². The number of likely N-dealkylation sites (tertiary alicyclic amines) is 1. The second kappa shape index (κ2) is 9.21. The zero-order valence-corrected chi connectivity index (χ0v) is 18.3. The molecule has 2 aromatic heterocycles. The summed E-state index contributed by atoms with van der Waals surface area (Å²) in [6.07, 6.45) is 0.942. The predicted octanol–water partition coefficient (Wildman–Crippen LogP) is 4.42. The van der Waals surface area contributed by atoms with Crippen molar-refractivity contribution >= 4 is 11.7 Å². The first-order valence-electron chi connectivity index (χ1n) is 10.8. The van der Waals surface area contributed by atoms with E-state index in [2.05, 4.69) is 27.4 Å². The van der Waals surface area contributed by atoms with Crippen LogP contribution < -0.4 is 5.32 Å². The Labute approximate surface area is 189 Å². The van der Waals surface area contributed by atoms with Gasteiger partial charge < -0.3 is 10.2 Å². The average molecular weight is 458 g/mol. The van der Waals surface area contributed by atoms with Crippen LogP contribution in [-0.2, 0) is 6.18 Å². The largest absolute Gasteiger partial charge is 0.417 e. The van der Waals surface area contributed by atoms with Gasteiger partial charge in [0.25, 0.3) is 5.91 Å². The lowest BCUT2D eigenvalue weighted by Gasteiger charge is -2.32. The SMILES string of the molecule is CCC(Nc1ccc(C(F)(F)F)cn1)C1CC(C)CN1C(=O)c1ccccc1-n1nccn1. The Bertz CT molecular complexity index is 1080. The molecule has 1 aromatic carbocycles. The summed E-state index contributed by atoms with van der Waals surface area (Å²) in [5.41, 5.74) is 0.294. The molecule has 0 bridgehead atoms. The van der Waals surface area contributed by atoms with Crippen molar-refractivity contribution in [3.8, 4) is 5.69 Å². The molecular formula is C23H25F3N6O. The van der Waals surface area contributed by atoms with Gasteiger partial charge in [0.2, 0.25) is 0 Å². The molecular weight excluding hydrogens is 433 g/mol. The number of rotatable bonds is 6. The summed E-state index contributed by atoms with van der Waals surface area (Å²) in [5, 5.41) is 11.6. The maximum absolute atomic E-state index is 13.6. The lowest BCUT2D eigenvalue weighted by atomic mass is 9.99. The fourth-order valence-electron chi connectivity index (χ4n) is 4.33. The van der Waals surface area contributed by atoms with E-state index in [0.717, 1.165) is 18.7 Å². The molecule has 0 saturated carbocycles. The van der Waals surface area contributed by atoms with E-state index in [-0.39, 0.29) is 23.9 Å². The highest BCUT2D eigenvalue weighted by molar-refractivity contribution is 5.98. The Morgan fingerprint density at radius 3 is 2.55 bits per heavy atom. The van der Waals surface area contributed by atoms with Crippen LogP contribution in [0.25, 0.3) is 5.69 Å². The van der Waals surface area contributed by atoms with Gasteiger partial charge in [0.15, 0.2) is 0 Å². The molecule has 1 aliphatic rings. The fraction of sp³-hybridized carbons (Fsp3) is 0.391. The van der Waals surface area contributed by atoms with Crippen LogP contribution in [0, 0.1) is 5.92 Å². The summed E-state index contributed by atoms with van der Waals surface area (Å²) >= 11 is 0. The normalized spacial score (nSPS) is 19.5. The lowest BCUT2D eigenvalue weighted by molar-refractivity contribution is -0.137. The molecule has 3 heterocycles. The molecule has 3 aromatic rings. The molecule has 33 heavy (non-hydrogen) atoms. The molecule has 3 unspecified atom stereocenters. The molecule has 1 N–H and O–H groups in total. The van der Waals surface area contributed by atoms with Crippen molar-refractivity contribution in [2.24, 2.45) is 5.92 Å². The van der Waals surface area contributed by atoms with Crippen molar-refractivity contribution in [2.45, 2.75) is 44.9 Å². The van der Waals surface area contributed by atoms with Crippen molar-refractivity contribution in [1.82, 2.24) is 24.9 Å². The number of alkyl halides is 3. The van der Waals surface area contributed by atoms with Crippen molar-refractivity contribution in [3.63, 3.8) is 0 Å². The van der Waals surface area contributed by atoms with E-state index in [1.54, 1.807) is 30.6 Å². The molecule has 10 heteroatoms. The number of amides is 1. The van der Waals surface area contributed by atoms with Gasteiger partial charge in [-0.05, 0) is 43.0 Å². The van der Waals surface area contributed by atoms with Gasteiger partial charge in [-0.1, -0.05) is 26.0 Å². The highest BCUT2D eigenvalue weighted by Gasteiger charge is 2.39. The van der Waals surface area contributed by atoms with Crippen molar-refractivity contribution in [1.29, 1.82) is 0 Å². The third-order valence-electron chi connectivity index (χ3n) is 5.91. The molecule has 1 aliphatic heterocycles. The Morgan fingerprint density at radius 2 is 1.91 bits per heavy atom. The predicted molar refractivity (Wildman–Crippen MR) is 117 cm³/mol. The second-order valence-corrected chi connectivity index (χ2v) is 8.29. The van der Waals surface area contributed by atoms with Crippen molar-refractivity contribution in [3.05, 3.63) is 66.1 Å². The second-order valence-electron chi connectivity index (χ2n) is 8.29. The third kappa shape index (κ3) is 4.84. The number of halogens is 3. The van der Waals surface area contributed by atoms with Gasteiger partial charge in [-0.3, -0.25) is 4.79 Å². The van der Waals surface area contributed by atoms with Crippen LogP contribution in [0.2, 0.25) is 0 Å². The number of hydrogen-bond acceptors (Lipinski definition) is 5. The highest BCUT2D eigenvalue weighted by atomic mass is 19.4. The number of pyridine rings is 1. The van der Waals surface area contributed by atoms with Gasteiger partial charge >= 0.3 is 6.18 Å². The Balaban J connectivity index is 1.58. The van der Waals surface area contributed by atoms with Crippen LogP contribution in [-0.4, -0.2) is 49.4 Å². The summed E-state index contributed by atoms with van der Waals surface area (Å²) in [6, 6.07) is 9.21. The highest BCUT2D eigenvalue weighted by Crippen LogP contribution is 2.32. The van der Waals surface area contributed by atoms with Gasteiger partial charge in [-0.2, -0.15) is 28.2 Å². The monoisotopic (exact) mass is 458 g/mol. The first-order chi connectivity index (χ1) is 15.8. The Kier molecular flexibility index (Phi) is 6.35. The summed E-state index contributed by atoms with van der Waals surface area (Å²) in [4.78, 5) is 20.8. The van der Waals surface area contributed by atoms with Crippen LogP contribution in [0.3, 0.4) is 0 Å². The first-order valence-corrected chi connectivity index (χ1v) is 10.8. The van der Waals surface area contributed by atoms with Crippen LogP contribution in [0.1, 0.15) is 42.6 Å². The number of hydrogen-bond donors (Lipinski definition) is 1. The van der Waals surface area contributed by atoms with E-state index in [0.29, 0.717) is 30.0 Å². The van der Waals surface area contributed by atoms with E-state index in [1.807, 2.05) is 17.9 Å². The summed E-state index contributed by atoms with van der Waals surface area (Å²) in [5.74, 6) is 0.506. The number of benzene rings is 1. The van der Waals surface area contributed by atoms with Crippen LogP contribution in [0.15, 0.2) is 55.0 Å². The summed E-state index contributed by atoms with van der Waals surface area (Å²) in [7, 11) is 0. The van der Waals surface area contributed by atoms with E-state index in [9.17, 15) is 18.0 Å². The van der Waals surface area contributed by atoms with Gasteiger partial charge in [-0.25, -0.2) is 4.98 Å². The smallest absolute Gasteiger partial charge is 0.365 e. The first kappa shape index (κ1) is 22.8. The van der Waals surface area contributed by atoms with E-state index < -0.39 is 11.7 Å². The number of aromatic nitrogens is 4. The zero-order chi connectivity index (χ0) is 23.6. The molecule has 0 radical (unpaired) electrons. The molecule has 4 rings (SSSR count). The molecule has 7 nitrogen and oxygen atoms in total. The summed E-state index contributed by atoms with van der Waals surface area (Å²) in [6.45, 7) is 4.66. The minimum absolute atomic E-state index is 0.127. The minimum Gasteiger partial charge on any atom is -0.365 e. The van der Waals surface area contributed by atoms with Crippen LogP contribution >= 0.6 is 0 Å². The Morgan fingerprint density at radius 1 is 1.18 bits per heavy atom. The molecule has 1 saturated heterocycles. The fourth-order valence-corrected chi connectivity index (χ4v) is 4.33. The number of nitrogens with zero attached hydrogens (tertiary/aromatic N) is 5. The maximum Gasteiger partial charge on any atom is 0.417 e. The average Bonchev–Trinajstić information content (AvgIpc) is 3.47. The standard InChI is InChI=1S/C23H25F3N6O/c1-3-18(30-21-9-8-16(13-27-21)23(24,25)26)20-12-15(2)14-31(20)22(33)17-6-4-5-7-19(17)32-28-10-11-29-32/h4-11,13,15,18,20H,3,12,14H2,1-2H3,(H,27,30). The zero-order valence-electron chi connectivity index (χ0n) is 18.3. The topological polar surface area (TPSA) is 75.9 Å². The molecule has 3 atom stereocenters. The van der Waals surface area contributed by atoms with Crippen LogP contribution in [0.5, 0.6) is 0 Å². The number of carbonyl (C=O) groups excluding carboxylic acids is 1. The van der Waals surface area contributed by atoms with Gasteiger partial charge in [-0.15, -0.1) is 0 Å². The number of para-hydroxylation sites is 1. The quantitative estimate of drug-likeness (QED) is 0.592. The number of anilines is 1. The number of carbonyl (C=O) groups is 1. The Hall–Kier alpha value is -3.43. The molecule has 0 aliphatic carbocycles. The van der Waals surface area contributed by atoms with Gasteiger partial charge in [0.1, 0.15) is 5.82 Å². The molecule has 0 spiro atoms. The van der Waals surface area contributed by atoms with Gasteiger partial charge in [0, 0.05) is 18.8 Å². The number of nitrogens with one attached hydrogen (secondary N) is 1. The van der Waals surface area contributed by atoms with Crippen molar-refractivity contribution < 1.29 is 18.0 Å². The van der Waals surface area contributed by atoms with E-state index in [4.69, 9.17) is 0 Å². The third-order valence-corrected chi connectivity index (χ3v) is 5.91. The van der Waals surface area contributed by atoms with Crippen molar-refractivity contribution in [2.75, 3.05) is 11.9 Å². The summed E-state index contributed by atoms with van der Waals surface area (Å²) < 4.78 is 38.6. The van der Waals surface area contributed by atoms with Crippen LogP contribution in [0.4, 0.5) is 19.0 Å². The molecule has 1 amide bonds. The minimum atomic E-state index is -4.43. The maximum atomic E-state index is 13.6. The lowest BCUT2D eigenvalue weighted by Crippen LogP contribution is -2.46. The van der Waals surface area contributed by atoms with E-state index >= 15 is 0 Å². The molecule has 1 fully saturated rings. The molecule has 174 valence electrons.